The molecule has 0 bridgehead atoms. The quantitative estimate of drug-likeness (QED) is 0.405. The van der Waals surface area contributed by atoms with Crippen LogP contribution in [0.5, 0.6) is 5.75 Å². The van der Waals surface area contributed by atoms with Crippen LogP contribution >= 0.6 is 0 Å². The first-order chi connectivity index (χ1) is 12.4. The molecule has 2 rings (SSSR count). The Balaban J connectivity index is 0.00000364. The SMILES string of the molecule is [CH2-]CCC[C@H]([C-]=CC(=[N-])c1ccnc(C(F)(F)F)c1)Oc1cccnc1.[Li+]. The molecule has 0 saturated carbocycles. The van der Waals surface area contributed by atoms with Crippen LogP contribution in [-0.2, 0) is 6.18 Å². The smallest absolute Gasteiger partial charge is 0.904 e. The largest absolute Gasteiger partial charge is 1.00 e. The van der Waals surface area contributed by atoms with Gasteiger partial charge >= 0.3 is 25.0 Å². The van der Waals surface area contributed by atoms with E-state index >= 15 is 0 Å². The first-order valence-electron chi connectivity index (χ1n) is 7.95. The van der Waals surface area contributed by atoms with E-state index in [1.54, 1.807) is 24.5 Å². The molecule has 0 spiro atoms. The molecule has 0 amide bonds. The van der Waals surface area contributed by atoms with E-state index in [2.05, 4.69) is 23.0 Å². The summed E-state index contributed by atoms with van der Waals surface area (Å²) in [7, 11) is 0. The Morgan fingerprint density at radius 1 is 1.33 bits per heavy atom. The summed E-state index contributed by atoms with van der Waals surface area (Å²) in [6.45, 7) is 3.77. The predicted octanol–water partition coefficient (Wildman–Crippen LogP) is 1.67. The topological polar surface area (TPSA) is 57.3 Å². The van der Waals surface area contributed by atoms with E-state index in [4.69, 9.17) is 4.74 Å². The van der Waals surface area contributed by atoms with Gasteiger partial charge in [-0.05, 0) is 24.6 Å². The third-order valence-corrected chi connectivity index (χ3v) is 3.38. The fourth-order valence-corrected chi connectivity index (χ4v) is 2.09. The summed E-state index contributed by atoms with van der Waals surface area (Å²) in [6.07, 6.45) is 5.20. The number of alkyl halides is 3. The Hall–Kier alpha value is -2.10. The van der Waals surface area contributed by atoms with Crippen molar-refractivity contribution >= 4 is 5.71 Å². The number of aromatic nitrogens is 2. The van der Waals surface area contributed by atoms with Crippen LogP contribution in [0.1, 0.15) is 30.5 Å². The monoisotopic (exact) mass is 367 g/mol. The molecule has 0 unspecified atom stereocenters. The van der Waals surface area contributed by atoms with Gasteiger partial charge in [0.1, 0.15) is 11.4 Å². The average Bonchev–Trinajstić information content (AvgIpc) is 2.64. The molecule has 0 aliphatic carbocycles. The van der Waals surface area contributed by atoms with Crippen LogP contribution in [0.2, 0.25) is 0 Å². The number of ether oxygens (including phenoxy) is 1. The van der Waals surface area contributed by atoms with E-state index in [0.717, 1.165) is 18.7 Å². The van der Waals surface area contributed by atoms with E-state index in [9.17, 15) is 18.6 Å². The molecular weight excluding hydrogens is 350 g/mol. The Kier molecular flexibility index (Phi) is 9.26. The van der Waals surface area contributed by atoms with E-state index < -0.39 is 18.0 Å². The number of unbranched alkanes of at least 4 members (excludes halogenated alkanes) is 1. The number of halogens is 3. The van der Waals surface area contributed by atoms with Crippen LogP contribution in [0.4, 0.5) is 13.2 Å². The summed E-state index contributed by atoms with van der Waals surface area (Å²) in [5, 5.41) is 10.1. The summed E-state index contributed by atoms with van der Waals surface area (Å²) < 4.78 is 43.9. The van der Waals surface area contributed by atoms with Gasteiger partial charge in [-0.2, -0.15) is 19.6 Å². The normalized spacial score (nSPS) is 12.4. The van der Waals surface area contributed by atoms with Crippen LogP contribution in [0.15, 0.2) is 48.9 Å². The van der Waals surface area contributed by atoms with Crippen molar-refractivity contribution in [3.8, 4) is 5.75 Å². The molecule has 0 N–H and O–H groups in total. The molecule has 1 atom stereocenters. The van der Waals surface area contributed by atoms with Gasteiger partial charge in [0.2, 0.25) is 0 Å². The zero-order valence-electron chi connectivity index (χ0n) is 14.9. The third kappa shape index (κ3) is 7.57. The minimum Gasteiger partial charge on any atom is -0.904 e. The van der Waals surface area contributed by atoms with Crippen LogP contribution in [0.3, 0.4) is 0 Å². The van der Waals surface area contributed by atoms with Gasteiger partial charge in [0.25, 0.3) is 0 Å². The molecule has 0 aromatic carbocycles. The summed E-state index contributed by atoms with van der Waals surface area (Å²) >= 11 is 0. The molecule has 0 aliphatic heterocycles. The second-order valence-electron chi connectivity index (χ2n) is 5.41. The van der Waals surface area contributed by atoms with Gasteiger partial charge in [0.05, 0.1) is 6.20 Å². The van der Waals surface area contributed by atoms with Gasteiger partial charge in [-0.15, -0.1) is 5.56 Å². The van der Waals surface area contributed by atoms with Gasteiger partial charge in [-0.1, -0.05) is 12.5 Å². The summed E-state index contributed by atoms with van der Waals surface area (Å²) in [4.78, 5) is 7.21. The molecule has 138 valence electrons. The number of nitrogens with zero attached hydrogens (tertiary/aromatic N) is 3. The first-order valence-corrected chi connectivity index (χ1v) is 7.95. The molecule has 4 nitrogen and oxygen atoms in total. The maximum atomic E-state index is 12.7. The number of hydrogen-bond donors (Lipinski definition) is 0. The molecule has 0 aliphatic rings. The van der Waals surface area contributed by atoms with Crippen molar-refractivity contribution in [3.63, 3.8) is 0 Å². The molecular formula is C19H17F3LiN3O-2. The van der Waals surface area contributed by atoms with Crippen molar-refractivity contribution < 1.29 is 36.8 Å². The zero-order valence-corrected chi connectivity index (χ0v) is 14.9. The fourth-order valence-electron chi connectivity index (χ4n) is 2.09. The van der Waals surface area contributed by atoms with E-state index in [0.29, 0.717) is 18.6 Å². The maximum absolute atomic E-state index is 12.7. The van der Waals surface area contributed by atoms with Crippen molar-refractivity contribution in [1.29, 1.82) is 0 Å². The summed E-state index contributed by atoms with van der Waals surface area (Å²) in [5.74, 6) is 0.533. The molecule has 0 saturated heterocycles. The number of rotatable bonds is 8. The number of allylic oxidation sites excluding steroid dienone is 1. The van der Waals surface area contributed by atoms with Gasteiger partial charge in [0.15, 0.2) is 0 Å². The van der Waals surface area contributed by atoms with Gasteiger partial charge in [0, 0.05) is 18.5 Å². The molecule has 8 heteroatoms. The van der Waals surface area contributed by atoms with E-state index in [1.165, 1.54) is 12.1 Å². The van der Waals surface area contributed by atoms with Crippen molar-refractivity contribution in [1.82, 2.24) is 9.97 Å². The Bertz CT molecular complexity index is 751. The Morgan fingerprint density at radius 3 is 2.74 bits per heavy atom. The van der Waals surface area contributed by atoms with Gasteiger partial charge in [-0.3, -0.25) is 16.0 Å². The Morgan fingerprint density at radius 2 is 2.11 bits per heavy atom. The maximum Gasteiger partial charge on any atom is 1.00 e. The molecule has 0 radical (unpaired) electrons. The standard InChI is InChI=1S/C19H17F3N3O.Li/c1-2-3-5-15(26-16-6-4-10-24-13-16)7-8-17(23)14-9-11-25-18(12-14)19(20,21)22;/h4,6,8-13,15H,1-3,5H2;/q-3;+1/t15-;/m1./s1. The minimum absolute atomic E-state index is 0. The molecule has 27 heavy (non-hydrogen) atoms. The summed E-state index contributed by atoms with van der Waals surface area (Å²) in [6, 6.07) is 5.51. The average molecular weight is 367 g/mol. The van der Waals surface area contributed by atoms with Crippen molar-refractivity contribution in [2.45, 2.75) is 31.5 Å². The van der Waals surface area contributed by atoms with E-state index in [1.807, 2.05) is 0 Å². The number of hydrogen-bond acceptors (Lipinski definition) is 3. The van der Waals surface area contributed by atoms with Crippen LogP contribution < -0.4 is 23.6 Å². The minimum atomic E-state index is -4.58. The van der Waals surface area contributed by atoms with Crippen molar-refractivity contribution in [3.05, 3.63) is 78.6 Å². The fraction of sp³-hybridized carbons (Fsp3) is 0.263. The van der Waals surface area contributed by atoms with Crippen molar-refractivity contribution in [2.24, 2.45) is 0 Å². The molecule has 2 heterocycles. The van der Waals surface area contributed by atoms with Gasteiger partial charge in [-0.25, -0.2) is 6.08 Å². The molecule has 2 aromatic rings. The van der Waals surface area contributed by atoms with Crippen LogP contribution in [-0.4, -0.2) is 21.8 Å². The van der Waals surface area contributed by atoms with E-state index in [-0.39, 0.29) is 30.1 Å². The van der Waals surface area contributed by atoms with Gasteiger partial charge < -0.3 is 22.8 Å². The number of pyridine rings is 2. The second-order valence-corrected chi connectivity index (χ2v) is 5.41. The predicted molar refractivity (Wildman–Crippen MR) is 92.4 cm³/mol. The Labute approximate surface area is 168 Å². The second kappa shape index (κ2) is 10.9. The summed E-state index contributed by atoms with van der Waals surface area (Å²) in [5.41, 5.74) is -1.43. The molecule has 2 aromatic heterocycles. The molecule has 0 fully saturated rings. The zero-order chi connectivity index (χ0) is 19.0. The van der Waals surface area contributed by atoms with Crippen molar-refractivity contribution in [2.75, 3.05) is 0 Å². The first kappa shape index (κ1) is 22.9. The third-order valence-electron chi connectivity index (χ3n) is 3.38. The van der Waals surface area contributed by atoms with Crippen LogP contribution in [0.25, 0.3) is 5.41 Å². The van der Waals surface area contributed by atoms with Crippen LogP contribution in [0, 0.1) is 13.0 Å².